The summed E-state index contributed by atoms with van der Waals surface area (Å²) >= 11 is 0. The summed E-state index contributed by atoms with van der Waals surface area (Å²) in [4.78, 5) is 0. The Hall–Kier alpha value is -0.945. The smallest absolute Gasteiger partial charge is 0.423 e. The fraction of sp³-hybridized carbons (Fsp3) is 0.600. The lowest BCUT2D eigenvalue weighted by Crippen LogP contribution is -2.53. The second kappa shape index (κ2) is 6.88. The van der Waals surface area contributed by atoms with Gasteiger partial charge in [0, 0.05) is 12.1 Å². The third-order valence-electron chi connectivity index (χ3n) is 3.85. The van der Waals surface area contributed by atoms with Crippen LogP contribution in [-0.2, 0) is 11.2 Å². The molecule has 1 aromatic carbocycles. The van der Waals surface area contributed by atoms with Crippen molar-refractivity contribution in [3.8, 4) is 0 Å². The standard InChI is InChI=1S/C15H25BFNO3/c1-6-18-10-11-12(8-7-9-13(11)17)16(20)21-15(4,5)14(2,3)19/h7-9,18-20H,6,10H2,1-5H3. The van der Waals surface area contributed by atoms with Crippen LogP contribution in [0, 0.1) is 5.82 Å². The number of halogens is 1. The fourth-order valence-electron chi connectivity index (χ4n) is 1.73. The molecular weight excluding hydrogens is 272 g/mol. The Balaban J connectivity index is 3.02. The van der Waals surface area contributed by atoms with Crippen molar-refractivity contribution in [1.29, 1.82) is 0 Å². The van der Waals surface area contributed by atoms with E-state index in [1.807, 2.05) is 6.92 Å². The van der Waals surface area contributed by atoms with Gasteiger partial charge in [-0.05, 0) is 45.8 Å². The molecule has 0 bridgehead atoms. The third kappa shape index (κ3) is 4.51. The van der Waals surface area contributed by atoms with E-state index in [1.54, 1.807) is 33.8 Å². The van der Waals surface area contributed by atoms with Crippen LogP contribution in [0.5, 0.6) is 0 Å². The minimum Gasteiger partial charge on any atom is -0.423 e. The molecule has 0 saturated heterocycles. The van der Waals surface area contributed by atoms with Crippen molar-refractivity contribution in [2.45, 2.75) is 52.4 Å². The molecule has 0 atom stereocenters. The SMILES string of the molecule is CCNCc1c(F)cccc1B(O)OC(C)(C)C(C)(C)O. The third-order valence-corrected chi connectivity index (χ3v) is 3.85. The molecule has 0 radical (unpaired) electrons. The van der Waals surface area contributed by atoms with Crippen molar-refractivity contribution < 1.29 is 19.2 Å². The molecule has 0 spiro atoms. The zero-order chi connectivity index (χ0) is 16.3. The van der Waals surface area contributed by atoms with Gasteiger partial charge in [0.2, 0.25) is 0 Å². The molecule has 3 N–H and O–H groups in total. The lowest BCUT2D eigenvalue weighted by molar-refractivity contribution is -0.0982. The van der Waals surface area contributed by atoms with Gasteiger partial charge in [-0.2, -0.15) is 0 Å². The highest BCUT2D eigenvalue weighted by Crippen LogP contribution is 2.25. The highest BCUT2D eigenvalue weighted by atomic mass is 19.1. The fourth-order valence-corrected chi connectivity index (χ4v) is 1.73. The number of benzene rings is 1. The maximum Gasteiger partial charge on any atom is 0.492 e. The average Bonchev–Trinajstić information content (AvgIpc) is 2.35. The van der Waals surface area contributed by atoms with E-state index in [0.717, 1.165) is 0 Å². The minimum absolute atomic E-state index is 0.307. The van der Waals surface area contributed by atoms with E-state index in [-0.39, 0.29) is 0 Å². The molecular formula is C15H25BFNO3. The molecule has 1 aromatic rings. The normalized spacial score (nSPS) is 12.6. The van der Waals surface area contributed by atoms with E-state index < -0.39 is 24.1 Å². The van der Waals surface area contributed by atoms with E-state index in [9.17, 15) is 14.5 Å². The predicted molar refractivity (Wildman–Crippen MR) is 82.8 cm³/mol. The van der Waals surface area contributed by atoms with Crippen LogP contribution in [0.1, 0.15) is 40.2 Å². The Kier molecular flexibility index (Phi) is 5.93. The Morgan fingerprint density at radius 2 is 1.90 bits per heavy atom. The van der Waals surface area contributed by atoms with Gasteiger partial charge in [0.15, 0.2) is 0 Å². The van der Waals surface area contributed by atoms with Gasteiger partial charge < -0.3 is 20.1 Å². The number of rotatable bonds is 7. The molecule has 118 valence electrons. The van der Waals surface area contributed by atoms with Crippen LogP contribution in [0.3, 0.4) is 0 Å². The van der Waals surface area contributed by atoms with Crippen LogP contribution < -0.4 is 10.8 Å². The predicted octanol–water partition coefficient (Wildman–Crippen LogP) is 1.19. The van der Waals surface area contributed by atoms with Gasteiger partial charge in [-0.1, -0.05) is 19.1 Å². The van der Waals surface area contributed by atoms with Crippen molar-refractivity contribution in [1.82, 2.24) is 5.32 Å². The summed E-state index contributed by atoms with van der Waals surface area (Å²) in [5.41, 5.74) is -1.40. The van der Waals surface area contributed by atoms with Gasteiger partial charge in [0.05, 0.1) is 11.2 Å². The molecule has 0 aliphatic heterocycles. The molecule has 0 aliphatic rings. The first-order chi connectivity index (χ1) is 9.60. The highest BCUT2D eigenvalue weighted by Gasteiger charge is 2.40. The molecule has 0 aliphatic carbocycles. The Labute approximate surface area is 126 Å². The number of hydrogen-bond donors (Lipinski definition) is 3. The molecule has 0 fully saturated rings. The van der Waals surface area contributed by atoms with Gasteiger partial charge in [-0.3, -0.25) is 0 Å². The van der Waals surface area contributed by atoms with Crippen LogP contribution in [0.15, 0.2) is 18.2 Å². The van der Waals surface area contributed by atoms with Crippen LogP contribution in [0.2, 0.25) is 0 Å². The summed E-state index contributed by atoms with van der Waals surface area (Å²) in [6.45, 7) is 9.49. The van der Waals surface area contributed by atoms with Crippen LogP contribution in [-0.4, -0.2) is 35.0 Å². The zero-order valence-corrected chi connectivity index (χ0v) is 13.4. The van der Waals surface area contributed by atoms with E-state index in [2.05, 4.69) is 5.32 Å². The Morgan fingerprint density at radius 3 is 2.43 bits per heavy atom. The Morgan fingerprint density at radius 1 is 1.29 bits per heavy atom. The lowest BCUT2D eigenvalue weighted by Gasteiger charge is -2.38. The first-order valence-electron chi connectivity index (χ1n) is 7.16. The van der Waals surface area contributed by atoms with Crippen LogP contribution in [0.25, 0.3) is 0 Å². The van der Waals surface area contributed by atoms with Crippen molar-refractivity contribution in [2.75, 3.05) is 6.54 Å². The Bertz CT molecular complexity index is 474. The van der Waals surface area contributed by atoms with Gasteiger partial charge in [-0.25, -0.2) is 4.39 Å². The summed E-state index contributed by atoms with van der Waals surface area (Å²) in [6.07, 6.45) is 0. The second-order valence-electron chi connectivity index (χ2n) is 6.13. The minimum atomic E-state index is -1.31. The monoisotopic (exact) mass is 297 g/mol. The molecule has 0 heterocycles. The summed E-state index contributed by atoms with van der Waals surface area (Å²) in [7, 11) is -1.31. The van der Waals surface area contributed by atoms with Gasteiger partial charge in [-0.15, -0.1) is 0 Å². The molecule has 6 heteroatoms. The van der Waals surface area contributed by atoms with E-state index >= 15 is 0 Å². The second-order valence-corrected chi connectivity index (χ2v) is 6.13. The maximum atomic E-state index is 13.9. The number of hydrogen-bond acceptors (Lipinski definition) is 4. The molecule has 0 aromatic heterocycles. The van der Waals surface area contributed by atoms with E-state index in [1.165, 1.54) is 12.1 Å². The largest absolute Gasteiger partial charge is 0.492 e. The van der Waals surface area contributed by atoms with E-state index in [0.29, 0.717) is 24.1 Å². The van der Waals surface area contributed by atoms with Crippen LogP contribution >= 0.6 is 0 Å². The number of aliphatic hydroxyl groups is 1. The highest BCUT2D eigenvalue weighted by molar-refractivity contribution is 6.60. The van der Waals surface area contributed by atoms with Gasteiger partial charge >= 0.3 is 7.12 Å². The maximum absolute atomic E-state index is 13.9. The quantitative estimate of drug-likeness (QED) is 0.662. The van der Waals surface area contributed by atoms with Crippen molar-refractivity contribution in [3.63, 3.8) is 0 Å². The number of nitrogens with one attached hydrogen (secondary N) is 1. The lowest BCUT2D eigenvalue weighted by atomic mass is 9.74. The molecule has 0 unspecified atom stereocenters. The summed E-state index contributed by atoms with van der Waals surface area (Å²) < 4.78 is 19.5. The van der Waals surface area contributed by atoms with Gasteiger partial charge in [0.25, 0.3) is 0 Å². The first-order valence-corrected chi connectivity index (χ1v) is 7.16. The first kappa shape index (κ1) is 18.1. The summed E-state index contributed by atoms with van der Waals surface area (Å²) in [5, 5.41) is 23.4. The molecule has 21 heavy (non-hydrogen) atoms. The van der Waals surface area contributed by atoms with Gasteiger partial charge in [0.1, 0.15) is 5.82 Å². The van der Waals surface area contributed by atoms with Crippen LogP contribution in [0.4, 0.5) is 4.39 Å². The van der Waals surface area contributed by atoms with Crippen molar-refractivity contribution in [2.24, 2.45) is 0 Å². The summed E-state index contributed by atoms with van der Waals surface area (Å²) in [5.74, 6) is -0.392. The zero-order valence-electron chi connectivity index (χ0n) is 13.4. The summed E-state index contributed by atoms with van der Waals surface area (Å²) in [6, 6.07) is 4.51. The molecule has 0 saturated carbocycles. The van der Waals surface area contributed by atoms with Crippen molar-refractivity contribution >= 4 is 12.6 Å². The molecule has 0 amide bonds. The van der Waals surface area contributed by atoms with E-state index in [4.69, 9.17) is 4.65 Å². The topological polar surface area (TPSA) is 61.7 Å². The van der Waals surface area contributed by atoms with Crippen molar-refractivity contribution in [3.05, 3.63) is 29.6 Å². The molecule has 4 nitrogen and oxygen atoms in total. The average molecular weight is 297 g/mol. The molecule has 1 rings (SSSR count).